The van der Waals surface area contributed by atoms with Crippen LogP contribution in [0.5, 0.6) is 0 Å². The van der Waals surface area contributed by atoms with E-state index in [9.17, 15) is 4.79 Å². The van der Waals surface area contributed by atoms with Gasteiger partial charge in [0.25, 0.3) is 5.56 Å². The number of fused-ring (bicyclic) bond motifs is 2. The molecule has 6 heteroatoms. The fourth-order valence-corrected chi connectivity index (χ4v) is 6.90. The van der Waals surface area contributed by atoms with Crippen LogP contribution in [0.4, 0.5) is 0 Å². The van der Waals surface area contributed by atoms with Gasteiger partial charge in [0.1, 0.15) is 11.1 Å². The van der Waals surface area contributed by atoms with Crippen LogP contribution in [0.2, 0.25) is 0 Å². The van der Waals surface area contributed by atoms with E-state index in [-0.39, 0.29) is 16.5 Å². The lowest BCUT2D eigenvalue weighted by Crippen LogP contribution is -2.22. The topological polar surface area (TPSA) is 34.9 Å². The molecule has 3 nitrogen and oxygen atoms in total. The van der Waals surface area contributed by atoms with Gasteiger partial charge in [0.15, 0.2) is 5.25 Å². The molecule has 0 saturated carbocycles. The molecule has 0 radical (unpaired) electrons. The Labute approximate surface area is 126 Å². The Hall–Kier alpha value is -0.0800. The number of aryl methyl sites for hydroxylation is 2. The predicted octanol–water partition coefficient (Wildman–Crippen LogP) is 2.50. The summed E-state index contributed by atoms with van der Waals surface area (Å²) < 4.78 is 3.00. The molecule has 0 spiro atoms. The number of nitrogens with zero attached hydrogens (tertiary/aromatic N) is 2. The minimum atomic E-state index is 0.102. The van der Waals surface area contributed by atoms with E-state index in [2.05, 4.69) is 35.8 Å². The van der Waals surface area contributed by atoms with Gasteiger partial charge < -0.3 is 0 Å². The minimum Gasteiger partial charge on any atom is -0.268 e. The Morgan fingerprint density at radius 3 is 2.94 bits per heavy atom. The van der Waals surface area contributed by atoms with Crippen molar-refractivity contribution in [2.75, 3.05) is 10.7 Å². The molecular weight excluding hydrogens is 379 g/mol. The monoisotopic (exact) mass is 393 g/mol. The lowest BCUT2D eigenvalue weighted by molar-refractivity contribution is 0.634. The summed E-state index contributed by atoms with van der Waals surface area (Å²) >= 11 is 4.06. The van der Waals surface area contributed by atoms with Crippen LogP contribution in [-0.4, -0.2) is 25.5 Å². The van der Waals surface area contributed by atoms with Gasteiger partial charge in [-0.2, -0.15) is 4.98 Å². The maximum atomic E-state index is 12.6. The predicted molar refractivity (Wildman–Crippen MR) is 87.6 cm³/mol. The molecule has 0 aromatic carbocycles. The Morgan fingerprint density at radius 2 is 2.28 bits per heavy atom. The van der Waals surface area contributed by atoms with Gasteiger partial charge in [0.05, 0.1) is 22.8 Å². The van der Waals surface area contributed by atoms with Crippen LogP contribution in [0.25, 0.3) is 10.2 Å². The van der Waals surface area contributed by atoms with Gasteiger partial charge in [0.2, 0.25) is 0 Å². The highest BCUT2D eigenvalue weighted by molar-refractivity contribution is 14.1. The number of thiophene rings is 1. The molecule has 0 aliphatic carbocycles. The zero-order valence-corrected chi connectivity index (χ0v) is 14.3. The summed E-state index contributed by atoms with van der Waals surface area (Å²) in [6.45, 7) is 4.94. The molecule has 0 N–H and O–H groups in total. The zero-order valence-electron chi connectivity index (χ0n) is 10.5. The Balaban J connectivity index is 2.33. The molecule has 0 saturated heterocycles. The Bertz CT molecular complexity index is 691. The van der Waals surface area contributed by atoms with Crippen molar-refractivity contribution in [3.8, 4) is 0 Å². The highest BCUT2D eigenvalue weighted by Gasteiger charge is 2.41. The highest BCUT2D eigenvalue weighted by atomic mass is 127. The number of halogens is 1. The van der Waals surface area contributed by atoms with E-state index in [1.54, 1.807) is 11.3 Å². The highest BCUT2D eigenvalue weighted by Crippen LogP contribution is 2.30. The van der Waals surface area contributed by atoms with Gasteiger partial charge in [-0.05, 0) is 19.4 Å². The zero-order chi connectivity index (χ0) is 13.0. The van der Waals surface area contributed by atoms with E-state index in [1.807, 2.05) is 11.5 Å². The van der Waals surface area contributed by atoms with Crippen LogP contribution in [0.15, 0.2) is 9.95 Å². The quantitative estimate of drug-likeness (QED) is 0.323. The van der Waals surface area contributed by atoms with Crippen molar-refractivity contribution >= 4 is 55.0 Å². The second kappa shape index (κ2) is 4.49. The van der Waals surface area contributed by atoms with Gasteiger partial charge in [-0.15, -0.1) is 11.3 Å². The molecule has 3 heterocycles. The van der Waals surface area contributed by atoms with E-state index >= 15 is 0 Å². The van der Waals surface area contributed by atoms with Crippen molar-refractivity contribution < 1.29 is 0 Å². The third-order valence-corrected chi connectivity index (χ3v) is 8.57. The minimum absolute atomic E-state index is 0.102. The number of alkyl halides is 1. The average Bonchev–Trinajstić information content (AvgIpc) is 2.80. The van der Waals surface area contributed by atoms with E-state index in [0.29, 0.717) is 5.25 Å². The second-order valence-corrected chi connectivity index (χ2v) is 8.84. The standard InChI is InChI=1S/C12H14IN2OS2/c1-6-7(2)17-10-9(6)11(16)15-5-8(4-13)18(3)12(15)14-10/h8H,4-5H2,1-3H3/q+1. The smallest absolute Gasteiger partial charge is 0.268 e. The number of hydrogen-bond acceptors (Lipinski definition) is 3. The van der Waals surface area contributed by atoms with Crippen molar-refractivity contribution in [1.29, 1.82) is 0 Å². The van der Waals surface area contributed by atoms with Crippen LogP contribution < -0.4 is 5.56 Å². The van der Waals surface area contributed by atoms with Crippen molar-refractivity contribution in [3.05, 3.63) is 20.8 Å². The van der Waals surface area contributed by atoms with Crippen LogP contribution in [0.3, 0.4) is 0 Å². The molecule has 0 amide bonds. The summed E-state index contributed by atoms with van der Waals surface area (Å²) in [4.78, 5) is 19.5. The van der Waals surface area contributed by atoms with E-state index in [1.165, 1.54) is 4.88 Å². The van der Waals surface area contributed by atoms with E-state index < -0.39 is 0 Å². The van der Waals surface area contributed by atoms with Crippen LogP contribution >= 0.6 is 33.9 Å². The van der Waals surface area contributed by atoms with Crippen molar-refractivity contribution in [1.82, 2.24) is 9.55 Å². The SMILES string of the molecule is Cc1sc2nc3n(c(=O)c2c1C)CC(CI)[S+]3C. The Morgan fingerprint density at radius 1 is 1.56 bits per heavy atom. The van der Waals surface area contributed by atoms with Gasteiger partial charge in [-0.1, -0.05) is 22.6 Å². The van der Waals surface area contributed by atoms with Crippen LogP contribution in [0, 0.1) is 13.8 Å². The van der Waals surface area contributed by atoms with Crippen molar-refractivity contribution in [3.63, 3.8) is 0 Å². The summed E-state index contributed by atoms with van der Waals surface area (Å²) in [6, 6.07) is 0. The molecule has 2 atom stereocenters. The molecule has 2 aromatic rings. The van der Waals surface area contributed by atoms with Crippen molar-refractivity contribution in [2.24, 2.45) is 0 Å². The summed E-state index contributed by atoms with van der Waals surface area (Å²) in [7, 11) is 0.102. The van der Waals surface area contributed by atoms with Gasteiger partial charge in [-0.25, -0.2) is 4.57 Å². The molecule has 0 bridgehead atoms. The van der Waals surface area contributed by atoms with E-state index in [4.69, 9.17) is 4.98 Å². The summed E-state index contributed by atoms with van der Waals surface area (Å²) in [6.07, 6.45) is 2.22. The maximum absolute atomic E-state index is 12.6. The lowest BCUT2D eigenvalue weighted by Gasteiger charge is -1.98. The first-order valence-corrected chi connectivity index (χ1v) is 9.79. The third kappa shape index (κ3) is 1.68. The van der Waals surface area contributed by atoms with Crippen molar-refractivity contribution in [2.45, 2.75) is 30.8 Å². The lowest BCUT2D eigenvalue weighted by atomic mass is 10.2. The molecular formula is C12H14IN2OS2+. The fourth-order valence-electron chi connectivity index (χ4n) is 2.32. The molecule has 2 aromatic heterocycles. The molecule has 3 rings (SSSR count). The van der Waals surface area contributed by atoms with Gasteiger partial charge in [0, 0.05) is 9.30 Å². The molecule has 1 aliphatic heterocycles. The third-order valence-electron chi connectivity index (χ3n) is 3.60. The van der Waals surface area contributed by atoms with Gasteiger partial charge >= 0.3 is 5.16 Å². The largest absolute Gasteiger partial charge is 0.329 e. The van der Waals surface area contributed by atoms with Crippen LogP contribution in [-0.2, 0) is 17.4 Å². The van der Waals surface area contributed by atoms with Gasteiger partial charge in [-0.3, -0.25) is 4.79 Å². The average molecular weight is 393 g/mol. The number of hydrogen-bond donors (Lipinski definition) is 0. The normalized spacial score (nSPS) is 22.7. The summed E-state index contributed by atoms with van der Waals surface area (Å²) in [5, 5.41) is 2.42. The van der Waals surface area contributed by atoms with Crippen LogP contribution in [0.1, 0.15) is 10.4 Å². The maximum Gasteiger partial charge on any atom is 0.329 e. The molecule has 1 aliphatic rings. The first-order chi connectivity index (χ1) is 8.54. The first-order valence-electron chi connectivity index (χ1n) is 5.75. The number of rotatable bonds is 1. The molecule has 2 unspecified atom stereocenters. The fraction of sp³-hybridized carbons (Fsp3) is 0.500. The summed E-state index contributed by atoms with van der Waals surface area (Å²) in [5.74, 6) is 0. The van der Waals surface area contributed by atoms with E-state index in [0.717, 1.165) is 31.9 Å². The first kappa shape index (κ1) is 12.9. The Kier molecular flexibility index (Phi) is 3.22. The molecule has 96 valence electrons. The number of aromatic nitrogens is 2. The molecule has 18 heavy (non-hydrogen) atoms. The second-order valence-electron chi connectivity index (χ2n) is 4.61. The summed E-state index contributed by atoms with van der Waals surface area (Å²) in [5.41, 5.74) is 1.28. The molecule has 0 fully saturated rings.